The van der Waals surface area contributed by atoms with Crippen molar-refractivity contribution in [1.82, 2.24) is 0 Å². The van der Waals surface area contributed by atoms with Gasteiger partial charge in [0.15, 0.2) is 11.6 Å². The van der Waals surface area contributed by atoms with Crippen molar-refractivity contribution in [3.05, 3.63) is 59.4 Å². The summed E-state index contributed by atoms with van der Waals surface area (Å²) in [5.41, 5.74) is 5.85. The Morgan fingerprint density at radius 1 is 1.00 bits per heavy atom. The van der Waals surface area contributed by atoms with E-state index in [4.69, 9.17) is 10.5 Å². The highest BCUT2D eigenvalue weighted by Crippen LogP contribution is 2.29. The van der Waals surface area contributed by atoms with Crippen LogP contribution in [-0.4, -0.2) is 0 Å². The van der Waals surface area contributed by atoms with Crippen LogP contribution in [0.4, 0.5) is 13.2 Å². The Bertz CT molecular complexity index is 552. The van der Waals surface area contributed by atoms with E-state index in [2.05, 4.69) is 0 Å². The van der Waals surface area contributed by atoms with Crippen LogP contribution >= 0.6 is 0 Å². The summed E-state index contributed by atoms with van der Waals surface area (Å²) in [6.07, 6.45) is 0. The molecule has 0 fully saturated rings. The highest BCUT2D eigenvalue weighted by atomic mass is 19.1. The third kappa shape index (κ3) is 2.62. The van der Waals surface area contributed by atoms with Crippen LogP contribution in [0.15, 0.2) is 36.4 Å². The van der Waals surface area contributed by atoms with Crippen molar-refractivity contribution in [2.24, 2.45) is 5.73 Å². The molecule has 0 aliphatic rings. The van der Waals surface area contributed by atoms with Crippen LogP contribution in [0.25, 0.3) is 0 Å². The van der Waals surface area contributed by atoms with Crippen molar-refractivity contribution >= 4 is 0 Å². The quantitative estimate of drug-likeness (QED) is 0.910. The molecule has 0 aliphatic carbocycles. The Hall–Kier alpha value is -2.01. The van der Waals surface area contributed by atoms with Crippen molar-refractivity contribution in [3.8, 4) is 11.5 Å². The molecule has 2 N–H and O–H groups in total. The van der Waals surface area contributed by atoms with Gasteiger partial charge < -0.3 is 10.5 Å². The molecule has 18 heavy (non-hydrogen) atoms. The number of hydrogen-bond donors (Lipinski definition) is 1. The Kier molecular flexibility index (Phi) is 3.53. The van der Waals surface area contributed by atoms with Gasteiger partial charge in [-0.15, -0.1) is 0 Å². The topological polar surface area (TPSA) is 35.2 Å². The molecule has 0 saturated heterocycles. The van der Waals surface area contributed by atoms with Gasteiger partial charge in [0.2, 0.25) is 0 Å². The zero-order valence-corrected chi connectivity index (χ0v) is 9.29. The second-order valence-electron chi connectivity index (χ2n) is 3.64. The summed E-state index contributed by atoms with van der Waals surface area (Å²) in [6, 6.07) is 6.89. The molecule has 0 saturated carbocycles. The molecule has 0 heterocycles. The molecule has 0 unspecified atom stereocenters. The van der Waals surface area contributed by atoms with Crippen LogP contribution in [0.5, 0.6) is 11.5 Å². The first kappa shape index (κ1) is 12.4. The molecule has 2 aromatic carbocycles. The van der Waals surface area contributed by atoms with E-state index in [0.717, 1.165) is 12.1 Å². The molecule has 0 radical (unpaired) electrons. The molecule has 5 heteroatoms. The van der Waals surface area contributed by atoms with E-state index in [9.17, 15) is 13.2 Å². The SMILES string of the molecule is NCc1cccc(F)c1Oc1cc(F)cc(F)c1. The number of hydrogen-bond acceptors (Lipinski definition) is 2. The van der Waals surface area contributed by atoms with Gasteiger partial charge in [0.1, 0.15) is 17.4 Å². The van der Waals surface area contributed by atoms with Crippen LogP contribution < -0.4 is 10.5 Å². The number of halogens is 3. The van der Waals surface area contributed by atoms with Crippen molar-refractivity contribution in [1.29, 1.82) is 0 Å². The molecule has 0 bridgehead atoms. The number of nitrogens with two attached hydrogens (primary N) is 1. The van der Waals surface area contributed by atoms with Gasteiger partial charge in [-0.05, 0) is 6.07 Å². The van der Waals surface area contributed by atoms with E-state index >= 15 is 0 Å². The normalized spacial score (nSPS) is 10.4. The Morgan fingerprint density at radius 2 is 1.67 bits per heavy atom. The minimum Gasteiger partial charge on any atom is -0.454 e. The van der Waals surface area contributed by atoms with Gasteiger partial charge in [-0.3, -0.25) is 0 Å². The van der Waals surface area contributed by atoms with Gasteiger partial charge in [0, 0.05) is 30.3 Å². The molecule has 0 atom stereocenters. The molecule has 2 nitrogen and oxygen atoms in total. The first-order chi connectivity index (χ1) is 8.60. The third-order valence-electron chi connectivity index (χ3n) is 2.32. The highest BCUT2D eigenvalue weighted by Gasteiger charge is 2.11. The van der Waals surface area contributed by atoms with Crippen molar-refractivity contribution < 1.29 is 17.9 Å². The Balaban J connectivity index is 2.39. The van der Waals surface area contributed by atoms with Gasteiger partial charge in [-0.25, -0.2) is 13.2 Å². The van der Waals surface area contributed by atoms with Gasteiger partial charge in [-0.2, -0.15) is 0 Å². The molecule has 2 rings (SSSR count). The smallest absolute Gasteiger partial charge is 0.167 e. The maximum Gasteiger partial charge on any atom is 0.167 e. The highest BCUT2D eigenvalue weighted by molar-refractivity contribution is 5.39. The van der Waals surface area contributed by atoms with Crippen LogP contribution in [0, 0.1) is 17.5 Å². The predicted molar refractivity (Wildman–Crippen MR) is 60.7 cm³/mol. The zero-order chi connectivity index (χ0) is 13.1. The molecule has 2 aromatic rings. The summed E-state index contributed by atoms with van der Waals surface area (Å²) in [6.45, 7) is 0.0604. The van der Waals surface area contributed by atoms with Crippen LogP contribution in [-0.2, 0) is 6.54 Å². The van der Waals surface area contributed by atoms with Crippen molar-refractivity contribution in [3.63, 3.8) is 0 Å². The second kappa shape index (κ2) is 5.10. The Morgan fingerprint density at radius 3 is 2.28 bits per heavy atom. The average molecular weight is 253 g/mol. The molecule has 0 aliphatic heterocycles. The fourth-order valence-corrected chi connectivity index (χ4v) is 1.53. The van der Waals surface area contributed by atoms with Crippen LogP contribution in [0.2, 0.25) is 0 Å². The molecular weight excluding hydrogens is 243 g/mol. The minimum atomic E-state index is -0.796. The van der Waals surface area contributed by atoms with Gasteiger partial charge in [0.05, 0.1) is 0 Å². The summed E-state index contributed by atoms with van der Waals surface area (Å²) in [5, 5.41) is 0. The predicted octanol–water partition coefficient (Wildman–Crippen LogP) is 3.35. The second-order valence-corrected chi connectivity index (χ2v) is 3.64. The maximum absolute atomic E-state index is 13.6. The lowest BCUT2D eigenvalue weighted by Crippen LogP contribution is -2.01. The third-order valence-corrected chi connectivity index (χ3v) is 2.32. The van der Waals surface area contributed by atoms with Gasteiger partial charge in [0.25, 0.3) is 0 Å². The van der Waals surface area contributed by atoms with Gasteiger partial charge in [-0.1, -0.05) is 12.1 Å². The lowest BCUT2D eigenvalue weighted by molar-refractivity contribution is 0.428. The number of rotatable bonds is 3. The average Bonchev–Trinajstić information content (AvgIpc) is 2.30. The summed E-state index contributed by atoms with van der Waals surface area (Å²) in [5.74, 6) is -2.47. The van der Waals surface area contributed by atoms with E-state index in [1.807, 2.05) is 0 Å². The largest absolute Gasteiger partial charge is 0.454 e. The minimum absolute atomic E-state index is 0.0604. The lowest BCUT2D eigenvalue weighted by Gasteiger charge is -2.11. The van der Waals surface area contributed by atoms with E-state index < -0.39 is 17.5 Å². The standard InChI is InChI=1S/C13H10F3NO/c14-9-4-10(15)6-11(5-9)18-13-8(7-17)2-1-3-12(13)16/h1-6H,7,17H2. The van der Waals surface area contributed by atoms with Crippen LogP contribution in [0.1, 0.15) is 5.56 Å². The van der Waals surface area contributed by atoms with Crippen molar-refractivity contribution in [2.75, 3.05) is 0 Å². The number of para-hydroxylation sites is 1. The molecular formula is C13H10F3NO. The summed E-state index contributed by atoms with van der Waals surface area (Å²) >= 11 is 0. The van der Waals surface area contributed by atoms with E-state index in [0.29, 0.717) is 11.6 Å². The molecule has 0 spiro atoms. The number of ether oxygens (including phenoxy) is 1. The first-order valence-electron chi connectivity index (χ1n) is 5.21. The fraction of sp³-hybridized carbons (Fsp3) is 0.0769. The lowest BCUT2D eigenvalue weighted by atomic mass is 10.2. The van der Waals surface area contributed by atoms with E-state index in [-0.39, 0.29) is 18.0 Å². The van der Waals surface area contributed by atoms with E-state index in [1.165, 1.54) is 12.1 Å². The maximum atomic E-state index is 13.6. The molecule has 0 aromatic heterocycles. The molecule has 0 amide bonds. The van der Waals surface area contributed by atoms with Crippen molar-refractivity contribution in [2.45, 2.75) is 6.54 Å². The Labute approximate surface area is 102 Å². The van der Waals surface area contributed by atoms with Gasteiger partial charge >= 0.3 is 0 Å². The monoisotopic (exact) mass is 253 g/mol. The summed E-state index contributed by atoms with van der Waals surface area (Å²) < 4.78 is 44.7. The molecule has 94 valence electrons. The fourth-order valence-electron chi connectivity index (χ4n) is 1.53. The zero-order valence-electron chi connectivity index (χ0n) is 9.29. The number of benzene rings is 2. The van der Waals surface area contributed by atoms with Crippen LogP contribution in [0.3, 0.4) is 0 Å². The summed E-state index contributed by atoms with van der Waals surface area (Å²) in [4.78, 5) is 0. The summed E-state index contributed by atoms with van der Waals surface area (Å²) in [7, 11) is 0. The first-order valence-corrected chi connectivity index (χ1v) is 5.21. The van der Waals surface area contributed by atoms with E-state index in [1.54, 1.807) is 6.07 Å².